The highest BCUT2D eigenvalue weighted by Crippen LogP contribution is 2.15. The molecule has 13 heavy (non-hydrogen) atoms. The van der Waals surface area contributed by atoms with Gasteiger partial charge in [-0.1, -0.05) is 23.7 Å². The van der Waals surface area contributed by atoms with E-state index < -0.39 is 12.0 Å². The zero-order valence-electron chi connectivity index (χ0n) is 6.61. The number of nitrogens with two attached hydrogens (primary N) is 1. The molecule has 5 heteroatoms. The normalized spacial score (nSPS) is 11.5. The van der Waals surface area contributed by atoms with E-state index in [1.165, 1.54) is 0 Å². The lowest BCUT2D eigenvalue weighted by Crippen LogP contribution is -2.20. The Morgan fingerprint density at radius 2 is 2.15 bits per heavy atom. The van der Waals surface area contributed by atoms with E-state index in [0.717, 1.165) is 0 Å². The van der Waals surface area contributed by atoms with Gasteiger partial charge in [-0.05, 0) is 17.7 Å². The highest BCUT2D eigenvalue weighted by molar-refractivity contribution is 6.30. The largest absolute Gasteiger partial charge is 0.480 e. The third-order valence-corrected chi connectivity index (χ3v) is 1.71. The summed E-state index contributed by atoms with van der Waals surface area (Å²) in [7, 11) is 0. The Morgan fingerprint density at radius 3 is 2.62 bits per heavy atom. The van der Waals surface area contributed by atoms with Gasteiger partial charge in [0.1, 0.15) is 6.04 Å². The maximum atomic E-state index is 10.4. The van der Waals surface area contributed by atoms with Crippen molar-refractivity contribution in [3.05, 3.63) is 34.9 Å². The van der Waals surface area contributed by atoms with Crippen molar-refractivity contribution in [3.63, 3.8) is 0 Å². The molecule has 0 fully saturated rings. The highest BCUT2D eigenvalue weighted by atomic mass is 35.5. The SMILES string of the molecule is Cl.N[C@@H](C(=O)O)c1cccc(Cl)c1. The van der Waals surface area contributed by atoms with Crippen molar-refractivity contribution in [2.75, 3.05) is 0 Å². The molecule has 0 spiro atoms. The van der Waals surface area contributed by atoms with Gasteiger partial charge >= 0.3 is 5.97 Å². The second kappa shape index (κ2) is 5.07. The van der Waals surface area contributed by atoms with Crippen LogP contribution in [0, 0.1) is 0 Å². The van der Waals surface area contributed by atoms with Gasteiger partial charge in [0.05, 0.1) is 0 Å². The van der Waals surface area contributed by atoms with Gasteiger partial charge in [-0.3, -0.25) is 4.79 Å². The fraction of sp³-hybridized carbons (Fsp3) is 0.125. The summed E-state index contributed by atoms with van der Waals surface area (Å²) in [6.45, 7) is 0. The Hall–Kier alpha value is -0.770. The number of hydrogen-bond donors (Lipinski definition) is 2. The van der Waals surface area contributed by atoms with Crippen molar-refractivity contribution < 1.29 is 9.90 Å². The van der Waals surface area contributed by atoms with Crippen molar-refractivity contribution in [2.24, 2.45) is 5.73 Å². The third kappa shape index (κ3) is 3.22. The Bertz CT molecular complexity index is 304. The molecule has 1 aromatic rings. The van der Waals surface area contributed by atoms with E-state index in [2.05, 4.69) is 0 Å². The number of carbonyl (C=O) groups is 1. The maximum absolute atomic E-state index is 10.4. The van der Waals surface area contributed by atoms with Crippen LogP contribution in [0.3, 0.4) is 0 Å². The molecule has 1 atom stereocenters. The zero-order chi connectivity index (χ0) is 9.14. The molecular weight excluding hydrogens is 213 g/mol. The summed E-state index contributed by atoms with van der Waals surface area (Å²) in [5, 5.41) is 9.05. The van der Waals surface area contributed by atoms with Gasteiger partial charge in [-0.15, -0.1) is 12.4 Å². The summed E-state index contributed by atoms with van der Waals surface area (Å²) in [5.74, 6) is -1.06. The Balaban J connectivity index is 0.00000144. The maximum Gasteiger partial charge on any atom is 0.325 e. The molecule has 0 amide bonds. The van der Waals surface area contributed by atoms with Crippen LogP contribution < -0.4 is 5.73 Å². The number of aliphatic carboxylic acids is 1. The lowest BCUT2D eigenvalue weighted by molar-refractivity contribution is -0.138. The quantitative estimate of drug-likeness (QED) is 0.802. The molecule has 0 aromatic heterocycles. The molecule has 0 saturated heterocycles. The van der Waals surface area contributed by atoms with E-state index in [9.17, 15) is 4.79 Å². The number of hydrogen-bond acceptors (Lipinski definition) is 2. The van der Waals surface area contributed by atoms with E-state index in [1.54, 1.807) is 24.3 Å². The molecule has 0 aliphatic rings. The Kier molecular flexibility index (Phi) is 4.77. The van der Waals surface area contributed by atoms with Gasteiger partial charge < -0.3 is 10.8 Å². The molecule has 3 N–H and O–H groups in total. The van der Waals surface area contributed by atoms with Crippen LogP contribution in [0.4, 0.5) is 0 Å². The topological polar surface area (TPSA) is 63.3 Å². The predicted molar refractivity (Wildman–Crippen MR) is 53.3 cm³/mol. The molecule has 0 heterocycles. The molecule has 1 rings (SSSR count). The molecule has 0 bridgehead atoms. The summed E-state index contributed by atoms with van der Waals surface area (Å²) >= 11 is 5.65. The van der Waals surface area contributed by atoms with Crippen molar-refractivity contribution in [1.82, 2.24) is 0 Å². The molecule has 0 unspecified atom stereocenters. The van der Waals surface area contributed by atoms with Crippen LogP contribution in [0.25, 0.3) is 0 Å². The van der Waals surface area contributed by atoms with E-state index in [4.69, 9.17) is 22.4 Å². The van der Waals surface area contributed by atoms with Gasteiger partial charge in [0, 0.05) is 5.02 Å². The number of carboxylic acids is 1. The number of carboxylic acid groups (broad SMARTS) is 1. The molecule has 1 aromatic carbocycles. The van der Waals surface area contributed by atoms with Gasteiger partial charge in [0.2, 0.25) is 0 Å². The first-order valence-corrected chi connectivity index (χ1v) is 3.73. The lowest BCUT2D eigenvalue weighted by atomic mass is 10.1. The van der Waals surface area contributed by atoms with E-state index in [1.807, 2.05) is 0 Å². The van der Waals surface area contributed by atoms with Crippen molar-refractivity contribution in [3.8, 4) is 0 Å². The van der Waals surface area contributed by atoms with Crippen molar-refractivity contribution >= 4 is 30.0 Å². The monoisotopic (exact) mass is 221 g/mol. The smallest absolute Gasteiger partial charge is 0.325 e. The molecule has 72 valence electrons. The van der Waals surface area contributed by atoms with Crippen molar-refractivity contribution in [1.29, 1.82) is 0 Å². The summed E-state index contributed by atoms with van der Waals surface area (Å²) in [4.78, 5) is 10.4. The zero-order valence-corrected chi connectivity index (χ0v) is 8.18. The van der Waals surface area contributed by atoms with Crippen LogP contribution in [0.1, 0.15) is 11.6 Å². The van der Waals surface area contributed by atoms with E-state index in [-0.39, 0.29) is 12.4 Å². The average Bonchev–Trinajstić information content (AvgIpc) is 2.03. The number of rotatable bonds is 2. The number of halogens is 2. The summed E-state index contributed by atoms with van der Waals surface area (Å²) < 4.78 is 0. The first kappa shape index (κ1) is 12.2. The first-order chi connectivity index (χ1) is 5.61. The average molecular weight is 222 g/mol. The Labute approximate surface area is 86.9 Å². The second-order valence-electron chi connectivity index (χ2n) is 2.37. The van der Waals surface area contributed by atoms with Crippen LogP contribution in [-0.4, -0.2) is 11.1 Å². The minimum atomic E-state index is -1.06. The van der Waals surface area contributed by atoms with Gasteiger partial charge in [-0.25, -0.2) is 0 Å². The fourth-order valence-corrected chi connectivity index (χ4v) is 1.04. The highest BCUT2D eigenvalue weighted by Gasteiger charge is 2.13. The molecule has 0 saturated carbocycles. The van der Waals surface area contributed by atoms with Crippen LogP contribution in [0.5, 0.6) is 0 Å². The Morgan fingerprint density at radius 1 is 1.54 bits per heavy atom. The standard InChI is InChI=1S/C8H8ClNO2.ClH/c9-6-3-1-2-5(4-6)7(10)8(11)12;/h1-4,7H,10H2,(H,11,12);1H/t7-;/m1./s1. The third-order valence-electron chi connectivity index (χ3n) is 1.47. The van der Waals surface area contributed by atoms with Crippen LogP contribution in [0.15, 0.2) is 24.3 Å². The van der Waals surface area contributed by atoms with E-state index in [0.29, 0.717) is 10.6 Å². The summed E-state index contributed by atoms with van der Waals surface area (Å²) in [6.07, 6.45) is 0. The van der Waals surface area contributed by atoms with Gasteiger partial charge in [0.15, 0.2) is 0 Å². The molecule has 0 radical (unpaired) electrons. The number of benzene rings is 1. The second-order valence-corrected chi connectivity index (χ2v) is 2.81. The lowest BCUT2D eigenvalue weighted by Gasteiger charge is -2.05. The van der Waals surface area contributed by atoms with Crippen LogP contribution in [0.2, 0.25) is 5.02 Å². The van der Waals surface area contributed by atoms with Crippen molar-refractivity contribution in [2.45, 2.75) is 6.04 Å². The summed E-state index contributed by atoms with van der Waals surface area (Å²) in [6, 6.07) is 5.51. The van der Waals surface area contributed by atoms with Gasteiger partial charge in [-0.2, -0.15) is 0 Å². The molecular formula is C8H9Cl2NO2. The molecule has 3 nitrogen and oxygen atoms in total. The van der Waals surface area contributed by atoms with Crippen LogP contribution >= 0.6 is 24.0 Å². The predicted octanol–water partition coefficient (Wildman–Crippen LogP) is 1.85. The van der Waals surface area contributed by atoms with Crippen LogP contribution in [-0.2, 0) is 4.79 Å². The molecule has 0 aliphatic heterocycles. The molecule has 0 aliphatic carbocycles. The minimum absolute atomic E-state index is 0. The first-order valence-electron chi connectivity index (χ1n) is 3.35. The van der Waals surface area contributed by atoms with Gasteiger partial charge in [0.25, 0.3) is 0 Å². The minimum Gasteiger partial charge on any atom is -0.480 e. The fourth-order valence-electron chi connectivity index (χ4n) is 0.843. The van der Waals surface area contributed by atoms with E-state index >= 15 is 0 Å². The summed E-state index contributed by atoms with van der Waals surface area (Å²) in [5.41, 5.74) is 5.86.